The zero-order chi connectivity index (χ0) is 23.0. The molecule has 0 saturated carbocycles. The minimum absolute atomic E-state index is 0.0231. The van der Waals surface area contributed by atoms with Crippen LogP contribution in [0.5, 0.6) is 0 Å². The highest BCUT2D eigenvalue weighted by Gasteiger charge is 2.32. The van der Waals surface area contributed by atoms with Gasteiger partial charge in [-0.05, 0) is 49.4 Å². The van der Waals surface area contributed by atoms with E-state index in [1.165, 1.54) is 20.5 Å². The van der Waals surface area contributed by atoms with Crippen molar-refractivity contribution in [2.75, 3.05) is 29.3 Å². The number of nitrogens with zero attached hydrogens (tertiary/aromatic N) is 3. The SMILES string of the molecule is CCN(c1cccc2c1NC(c1ncc(CN3CCCC(O)C3)s1)C2)S(=O)(=O)c1cccs1. The van der Waals surface area contributed by atoms with Crippen LogP contribution >= 0.6 is 22.7 Å². The van der Waals surface area contributed by atoms with E-state index in [0.717, 1.165) is 55.2 Å². The number of aromatic nitrogens is 1. The van der Waals surface area contributed by atoms with E-state index in [2.05, 4.69) is 21.3 Å². The molecule has 1 aromatic carbocycles. The van der Waals surface area contributed by atoms with E-state index in [9.17, 15) is 13.5 Å². The van der Waals surface area contributed by atoms with Crippen molar-refractivity contribution in [2.24, 2.45) is 0 Å². The molecule has 1 fully saturated rings. The third-order valence-electron chi connectivity index (χ3n) is 6.20. The third kappa shape index (κ3) is 4.54. The summed E-state index contributed by atoms with van der Waals surface area (Å²) in [4.78, 5) is 8.16. The summed E-state index contributed by atoms with van der Waals surface area (Å²) in [6, 6.07) is 9.30. The largest absolute Gasteiger partial charge is 0.392 e. The number of thiazole rings is 1. The first-order valence-electron chi connectivity index (χ1n) is 11.3. The molecule has 4 heterocycles. The minimum atomic E-state index is -3.61. The van der Waals surface area contributed by atoms with Crippen molar-refractivity contribution in [2.45, 2.75) is 49.1 Å². The van der Waals surface area contributed by atoms with Crippen LogP contribution in [-0.4, -0.2) is 49.1 Å². The lowest BCUT2D eigenvalue weighted by molar-refractivity contribution is 0.0673. The maximum atomic E-state index is 13.3. The number of thiophene rings is 1. The number of hydrogen-bond donors (Lipinski definition) is 2. The number of piperidine rings is 1. The number of anilines is 2. The maximum absolute atomic E-state index is 13.3. The van der Waals surface area contributed by atoms with Crippen LogP contribution < -0.4 is 9.62 Å². The van der Waals surface area contributed by atoms with Gasteiger partial charge in [0.15, 0.2) is 0 Å². The number of likely N-dealkylation sites (tertiary alicyclic amines) is 1. The Morgan fingerprint density at radius 3 is 2.94 bits per heavy atom. The second kappa shape index (κ2) is 9.34. The summed E-state index contributed by atoms with van der Waals surface area (Å²) < 4.78 is 28.4. The van der Waals surface area contributed by atoms with Gasteiger partial charge < -0.3 is 10.4 Å². The van der Waals surface area contributed by atoms with E-state index in [-0.39, 0.29) is 12.1 Å². The van der Waals surface area contributed by atoms with Crippen LogP contribution in [0.4, 0.5) is 11.4 Å². The van der Waals surface area contributed by atoms with Crippen molar-refractivity contribution >= 4 is 44.1 Å². The molecule has 2 N–H and O–H groups in total. The van der Waals surface area contributed by atoms with Crippen molar-refractivity contribution in [3.05, 3.63) is 57.4 Å². The van der Waals surface area contributed by atoms with E-state index in [1.807, 2.05) is 25.3 Å². The van der Waals surface area contributed by atoms with Gasteiger partial charge in [0.1, 0.15) is 9.22 Å². The zero-order valence-electron chi connectivity index (χ0n) is 18.5. The summed E-state index contributed by atoms with van der Waals surface area (Å²) in [5.41, 5.74) is 2.67. The summed E-state index contributed by atoms with van der Waals surface area (Å²) in [6.07, 6.45) is 4.38. The van der Waals surface area contributed by atoms with Crippen LogP contribution in [0.3, 0.4) is 0 Å². The highest BCUT2D eigenvalue weighted by Crippen LogP contribution is 2.43. The third-order valence-corrected chi connectivity index (χ3v) is 10.6. The van der Waals surface area contributed by atoms with Crippen molar-refractivity contribution < 1.29 is 13.5 Å². The number of para-hydroxylation sites is 1. The Morgan fingerprint density at radius 2 is 2.18 bits per heavy atom. The lowest BCUT2D eigenvalue weighted by atomic mass is 10.1. The molecular formula is C23H28N4O3S3. The van der Waals surface area contributed by atoms with Gasteiger partial charge in [0.05, 0.1) is 23.5 Å². The quantitative estimate of drug-likeness (QED) is 0.504. The second-order valence-electron chi connectivity index (χ2n) is 8.51. The van der Waals surface area contributed by atoms with Crippen molar-refractivity contribution in [1.82, 2.24) is 9.88 Å². The van der Waals surface area contributed by atoms with E-state index in [4.69, 9.17) is 0 Å². The predicted molar refractivity (Wildman–Crippen MR) is 134 cm³/mol. The summed E-state index contributed by atoms with van der Waals surface area (Å²) in [5, 5.41) is 16.3. The number of hydrogen-bond acceptors (Lipinski definition) is 8. The van der Waals surface area contributed by atoms with Gasteiger partial charge in [-0.2, -0.15) is 0 Å². The average molecular weight is 505 g/mol. The fourth-order valence-electron chi connectivity index (χ4n) is 4.67. The van der Waals surface area contributed by atoms with Gasteiger partial charge in [-0.3, -0.25) is 9.21 Å². The van der Waals surface area contributed by atoms with Gasteiger partial charge in [-0.15, -0.1) is 22.7 Å². The Hall–Kier alpha value is -1.98. The van der Waals surface area contributed by atoms with Gasteiger partial charge in [0.25, 0.3) is 10.0 Å². The average Bonchev–Trinajstić information content (AvgIpc) is 3.55. The summed E-state index contributed by atoms with van der Waals surface area (Å²) in [7, 11) is -3.61. The lowest BCUT2D eigenvalue weighted by Crippen LogP contribution is -2.37. The number of rotatable bonds is 7. The monoisotopic (exact) mass is 504 g/mol. The molecule has 2 aromatic heterocycles. The molecule has 2 unspecified atom stereocenters. The molecule has 2 aliphatic heterocycles. The number of sulfonamides is 1. The Kier molecular flexibility index (Phi) is 6.45. The Morgan fingerprint density at radius 1 is 1.30 bits per heavy atom. The molecule has 3 aromatic rings. The molecule has 2 aliphatic rings. The van der Waals surface area contributed by atoms with E-state index >= 15 is 0 Å². The molecule has 0 amide bonds. The molecule has 0 radical (unpaired) electrons. The van der Waals surface area contributed by atoms with Crippen LogP contribution in [0.2, 0.25) is 0 Å². The summed E-state index contributed by atoms with van der Waals surface area (Å²) in [6.45, 7) is 4.75. The topological polar surface area (TPSA) is 85.8 Å². The van der Waals surface area contributed by atoms with E-state index < -0.39 is 10.0 Å². The number of fused-ring (bicyclic) bond motifs is 1. The Bertz CT molecular complexity index is 1210. The standard InChI is InChI=1S/C23H28N4O3S3/c1-2-27(33(29,30)21-9-5-11-31-21)20-8-3-6-16-12-19(25-22(16)20)23-24-13-18(32-23)15-26-10-4-7-17(28)14-26/h3,5-6,8-9,11,13,17,19,25,28H,2,4,7,10,12,14-15H2,1H3. The van der Waals surface area contributed by atoms with Gasteiger partial charge in [-0.1, -0.05) is 18.2 Å². The number of β-amino-alcohol motifs (C(OH)–C–C–N with tert-alkyl or cyclic N) is 1. The first kappa shape index (κ1) is 22.8. The van der Waals surface area contributed by atoms with Crippen molar-refractivity contribution in [3.63, 3.8) is 0 Å². The van der Waals surface area contributed by atoms with Crippen LogP contribution in [0, 0.1) is 0 Å². The Labute approximate surface area is 202 Å². The molecule has 7 nitrogen and oxygen atoms in total. The smallest absolute Gasteiger partial charge is 0.273 e. The fourth-order valence-corrected chi connectivity index (χ4v) is 8.27. The highest BCUT2D eigenvalue weighted by atomic mass is 32.2. The Balaban J connectivity index is 1.36. The van der Waals surface area contributed by atoms with Crippen molar-refractivity contribution in [1.29, 1.82) is 0 Å². The predicted octanol–water partition coefficient (Wildman–Crippen LogP) is 4.09. The number of benzene rings is 1. The zero-order valence-corrected chi connectivity index (χ0v) is 20.9. The molecule has 5 rings (SSSR count). The van der Waals surface area contributed by atoms with E-state index in [0.29, 0.717) is 16.4 Å². The van der Waals surface area contributed by atoms with Crippen LogP contribution in [0.1, 0.15) is 41.3 Å². The first-order valence-corrected chi connectivity index (χ1v) is 14.4. The van der Waals surface area contributed by atoms with Crippen LogP contribution in [-0.2, 0) is 23.0 Å². The molecule has 10 heteroatoms. The number of nitrogens with one attached hydrogen (secondary N) is 1. The molecule has 2 atom stereocenters. The van der Waals surface area contributed by atoms with Crippen LogP contribution in [0.15, 0.2) is 46.1 Å². The summed E-state index contributed by atoms with van der Waals surface area (Å²) in [5.74, 6) is 0. The molecule has 0 aliphatic carbocycles. The number of aliphatic hydroxyl groups excluding tert-OH is 1. The normalized spacial score (nSPS) is 21.0. The lowest BCUT2D eigenvalue weighted by Gasteiger charge is -2.29. The minimum Gasteiger partial charge on any atom is -0.392 e. The number of aliphatic hydroxyl groups is 1. The first-order chi connectivity index (χ1) is 16.0. The van der Waals surface area contributed by atoms with Gasteiger partial charge in [0.2, 0.25) is 0 Å². The van der Waals surface area contributed by atoms with Gasteiger partial charge in [0, 0.05) is 37.1 Å². The molecule has 0 bridgehead atoms. The molecule has 1 saturated heterocycles. The molecule has 0 spiro atoms. The van der Waals surface area contributed by atoms with Gasteiger partial charge >= 0.3 is 0 Å². The molecular weight excluding hydrogens is 476 g/mol. The second-order valence-corrected chi connectivity index (χ2v) is 12.7. The summed E-state index contributed by atoms with van der Waals surface area (Å²) >= 11 is 2.93. The van der Waals surface area contributed by atoms with Crippen LogP contribution in [0.25, 0.3) is 0 Å². The maximum Gasteiger partial charge on any atom is 0.273 e. The van der Waals surface area contributed by atoms with Gasteiger partial charge in [-0.25, -0.2) is 13.4 Å². The molecule has 176 valence electrons. The van der Waals surface area contributed by atoms with E-state index in [1.54, 1.807) is 28.8 Å². The van der Waals surface area contributed by atoms with Crippen molar-refractivity contribution in [3.8, 4) is 0 Å². The fraction of sp³-hybridized carbons (Fsp3) is 0.435. The molecule has 33 heavy (non-hydrogen) atoms. The highest BCUT2D eigenvalue weighted by molar-refractivity contribution is 7.94.